The molecule has 6 rings (SSSR count). The van der Waals surface area contributed by atoms with Crippen molar-refractivity contribution in [2.75, 3.05) is 33.6 Å². The number of carbonyl (C=O) groups excluding carboxylic acids is 2. The van der Waals surface area contributed by atoms with Crippen LogP contribution in [0.4, 0.5) is 0 Å². The maximum Gasteiger partial charge on any atom is 0.261 e. The zero-order valence-electron chi connectivity index (χ0n) is 23.4. The zero-order chi connectivity index (χ0) is 29.2. The third-order valence-electron chi connectivity index (χ3n) is 7.22. The van der Waals surface area contributed by atoms with Crippen LogP contribution in [-0.2, 0) is 0 Å². The molecular weight excluding hydrogens is 552 g/mol. The van der Waals surface area contributed by atoms with Gasteiger partial charge in [0.2, 0.25) is 0 Å². The van der Waals surface area contributed by atoms with Crippen LogP contribution >= 0.6 is 11.8 Å². The van der Waals surface area contributed by atoms with Gasteiger partial charge in [0.15, 0.2) is 22.5 Å². The minimum absolute atomic E-state index is 0.258. The predicted molar refractivity (Wildman–Crippen MR) is 161 cm³/mol. The topological polar surface area (TPSA) is 95.8 Å². The number of hydrogen-bond donors (Lipinski definition) is 0. The van der Waals surface area contributed by atoms with Crippen LogP contribution < -0.4 is 14.2 Å². The van der Waals surface area contributed by atoms with E-state index in [1.807, 2.05) is 71.3 Å². The van der Waals surface area contributed by atoms with Crippen molar-refractivity contribution >= 4 is 34.3 Å². The van der Waals surface area contributed by atoms with E-state index in [9.17, 15) is 9.59 Å². The lowest BCUT2D eigenvalue weighted by Gasteiger charge is -2.27. The Balaban J connectivity index is 1.24. The molecule has 5 aromatic rings. The van der Waals surface area contributed by atoms with E-state index in [1.165, 1.54) is 16.7 Å². The maximum absolute atomic E-state index is 13.3. The summed E-state index contributed by atoms with van der Waals surface area (Å²) in [4.78, 5) is 27.9. The van der Waals surface area contributed by atoms with E-state index in [4.69, 9.17) is 14.2 Å². The summed E-state index contributed by atoms with van der Waals surface area (Å²) in [7, 11) is 4.81. The van der Waals surface area contributed by atoms with Crippen molar-refractivity contribution in [3.8, 4) is 34.3 Å². The van der Waals surface area contributed by atoms with Gasteiger partial charge in [-0.25, -0.2) is 0 Å². The fourth-order valence-corrected chi connectivity index (χ4v) is 6.03. The van der Waals surface area contributed by atoms with Crippen molar-refractivity contribution in [3.05, 3.63) is 90.0 Å². The van der Waals surface area contributed by atoms with Gasteiger partial charge in [-0.1, -0.05) is 36.0 Å². The highest BCUT2D eigenvalue weighted by Gasteiger charge is 2.32. The fraction of sp³-hybridized carbons (Fsp3) is 0.188. The van der Waals surface area contributed by atoms with Crippen molar-refractivity contribution < 1.29 is 23.8 Å². The molecule has 1 aliphatic rings. The Morgan fingerprint density at radius 1 is 0.762 bits per heavy atom. The fourth-order valence-electron chi connectivity index (χ4n) is 5.16. The predicted octanol–water partition coefficient (Wildman–Crippen LogP) is 5.89. The highest BCUT2D eigenvalue weighted by Crippen LogP contribution is 2.35. The van der Waals surface area contributed by atoms with E-state index < -0.39 is 0 Å². The van der Waals surface area contributed by atoms with E-state index in [0.29, 0.717) is 52.3 Å². The van der Waals surface area contributed by atoms with Gasteiger partial charge >= 0.3 is 0 Å². The van der Waals surface area contributed by atoms with Crippen LogP contribution in [0.15, 0.2) is 84.0 Å². The van der Waals surface area contributed by atoms with Gasteiger partial charge < -0.3 is 14.2 Å². The molecule has 0 fully saturated rings. The van der Waals surface area contributed by atoms with Crippen LogP contribution in [0.3, 0.4) is 0 Å². The Morgan fingerprint density at radius 2 is 1.45 bits per heavy atom. The number of ether oxygens (including phenoxy) is 3. The average molecular weight is 581 g/mol. The lowest BCUT2D eigenvalue weighted by Crippen LogP contribution is -2.41. The lowest BCUT2D eigenvalue weighted by atomic mass is 9.94. The molecule has 9 nitrogen and oxygen atoms in total. The number of amides is 2. The Hall–Kier alpha value is -4.83. The van der Waals surface area contributed by atoms with E-state index in [2.05, 4.69) is 10.2 Å². The third kappa shape index (κ3) is 4.83. The van der Waals surface area contributed by atoms with Gasteiger partial charge in [0.25, 0.3) is 11.8 Å². The van der Waals surface area contributed by atoms with Gasteiger partial charge in [-0.3, -0.25) is 19.1 Å². The molecule has 10 heteroatoms. The first kappa shape index (κ1) is 27.3. The number of carbonyl (C=O) groups is 2. The van der Waals surface area contributed by atoms with Gasteiger partial charge in [0, 0.05) is 40.1 Å². The van der Waals surface area contributed by atoms with E-state index in [-0.39, 0.29) is 11.8 Å². The molecule has 0 spiro atoms. The molecule has 0 atom stereocenters. The Labute approximate surface area is 247 Å². The number of nitrogens with zero attached hydrogens (tertiary/aromatic N) is 4. The average Bonchev–Trinajstić information content (AvgIpc) is 3.46. The van der Waals surface area contributed by atoms with Crippen molar-refractivity contribution in [1.82, 2.24) is 19.7 Å². The molecule has 2 heterocycles. The summed E-state index contributed by atoms with van der Waals surface area (Å²) in [6, 6.07) is 24.4. The molecular formula is C32H28N4O5S. The first-order chi connectivity index (χ1) is 20.5. The molecule has 0 bridgehead atoms. The van der Waals surface area contributed by atoms with Gasteiger partial charge in [-0.2, -0.15) is 0 Å². The summed E-state index contributed by atoms with van der Waals surface area (Å²) < 4.78 is 18.2. The van der Waals surface area contributed by atoms with Gasteiger partial charge in [0.1, 0.15) is 5.75 Å². The SMILES string of the molecule is COc1ccc(-n2c(SCCCN3C(=O)c4cccc5cccc(c45)C3=O)nnc2-c2ccc(OC)c(OC)c2)cc1. The summed E-state index contributed by atoms with van der Waals surface area (Å²) in [6.07, 6.45) is 0.585. The molecule has 0 N–H and O–H groups in total. The first-order valence-electron chi connectivity index (χ1n) is 13.4. The summed E-state index contributed by atoms with van der Waals surface area (Å²) in [5.74, 6) is 2.67. The number of benzene rings is 4. The van der Waals surface area contributed by atoms with Crippen LogP contribution in [-0.4, -0.2) is 65.1 Å². The molecule has 0 aliphatic carbocycles. The van der Waals surface area contributed by atoms with Crippen LogP contribution in [0, 0.1) is 0 Å². The second-order valence-corrected chi connectivity index (χ2v) is 10.6. The van der Waals surface area contributed by atoms with Crippen LogP contribution in [0.25, 0.3) is 27.8 Å². The van der Waals surface area contributed by atoms with Crippen molar-refractivity contribution in [3.63, 3.8) is 0 Å². The van der Waals surface area contributed by atoms with Crippen LogP contribution in [0.5, 0.6) is 17.2 Å². The lowest BCUT2D eigenvalue weighted by molar-refractivity contribution is 0.0611. The summed E-state index contributed by atoms with van der Waals surface area (Å²) in [6.45, 7) is 0.300. The van der Waals surface area contributed by atoms with E-state index >= 15 is 0 Å². The standard InChI is InChI=1S/C32H28N4O5S/c1-39-23-14-12-22(13-15-23)36-29(21-11-16-26(40-2)27(19-21)41-3)33-34-32(36)42-18-6-17-35-30(37)24-9-4-7-20-8-5-10-25(28(20)24)31(35)38/h4-5,7-16,19H,6,17-18H2,1-3H3. The molecule has 212 valence electrons. The number of thioether (sulfide) groups is 1. The number of hydrogen-bond acceptors (Lipinski definition) is 8. The second kappa shape index (κ2) is 11.6. The number of methoxy groups -OCH3 is 3. The molecule has 2 amide bonds. The van der Waals surface area contributed by atoms with Crippen LogP contribution in [0.2, 0.25) is 0 Å². The van der Waals surface area contributed by atoms with Gasteiger partial charge in [0.05, 0.1) is 21.3 Å². The molecule has 42 heavy (non-hydrogen) atoms. The molecule has 0 radical (unpaired) electrons. The van der Waals surface area contributed by atoms with E-state index in [0.717, 1.165) is 27.8 Å². The Kier molecular flexibility index (Phi) is 7.54. The number of rotatable bonds is 10. The van der Waals surface area contributed by atoms with Crippen molar-refractivity contribution in [2.45, 2.75) is 11.6 Å². The smallest absolute Gasteiger partial charge is 0.261 e. The quantitative estimate of drug-likeness (QED) is 0.115. The van der Waals surface area contributed by atoms with Crippen molar-refractivity contribution in [1.29, 1.82) is 0 Å². The normalized spacial score (nSPS) is 12.6. The largest absolute Gasteiger partial charge is 0.497 e. The molecule has 1 aromatic heterocycles. The first-order valence-corrected chi connectivity index (χ1v) is 14.4. The summed E-state index contributed by atoms with van der Waals surface area (Å²) in [5.41, 5.74) is 2.79. The van der Waals surface area contributed by atoms with E-state index in [1.54, 1.807) is 33.5 Å². The third-order valence-corrected chi connectivity index (χ3v) is 8.23. The second-order valence-electron chi connectivity index (χ2n) is 9.58. The summed E-state index contributed by atoms with van der Waals surface area (Å²) in [5, 5.41) is 11.3. The Morgan fingerprint density at radius 3 is 2.10 bits per heavy atom. The van der Waals surface area contributed by atoms with Gasteiger partial charge in [-0.15, -0.1) is 10.2 Å². The zero-order valence-corrected chi connectivity index (χ0v) is 24.2. The number of aromatic nitrogens is 3. The molecule has 0 saturated carbocycles. The van der Waals surface area contributed by atoms with Crippen molar-refractivity contribution in [2.24, 2.45) is 0 Å². The Bertz CT molecular complexity index is 1750. The molecule has 1 aliphatic heterocycles. The van der Waals surface area contributed by atoms with Crippen LogP contribution in [0.1, 0.15) is 27.1 Å². The minimum Gasteiger partial charge on any atom is -0.497 e. The maximum atomic E-state index is 13.3. The molecule has 4 aromatic carbocycles. The highest BCUT2D eigenvalue weighted by atomic mass is 32.2. The molecule has 0 saturated heterocycles. The monoisotopic (exact) mass is 580 g/mol. The molecule has 0 unspecified atom stereocenters. The number of imide groups is 1. The van der Waals surface area contributed by atoms with Gasteiger partial charge in [-0.05, 0) is 66.4 Å². The minimum atomic E-state index is -0.258. The highest BCUT2D eigenvalue weighted by molar-refractivity contribution is 7.99. The summed E-state index contributed by atoms with van der Waals surface area (Å²) >= 11 is 1.51.